The summed E-state index contributed by atoms with van der Waals surface area (Å²) >= 11 is 0. The second kappa shape index (κ2) is 8.01. The Balaban J connectivity index is 1.60. The van der Waals surface area contributed by atoms with Gasteiger partial charge in [-0.2, -0.15) is 0 Å². The van der Waals surface area contributed by atoms with E-state index in [1.54, 1.807) is 12.1 Å². The molecule has 0 atom stereocenters. The Morgan fingerprint density at radius 3 is 2.59 bits per heavy atom. The van der Waals surface area contributed by atoms with Crippen LogP contribution in [0.25, 0.3) is 33.4 Å². The average molecular weight is 454 g/mol. The van der Waals surface area contributed by atoms with Crippen molar-refractivity contribution in [2.75, 3.05) is 31.1 Å². The number of fused-ring (bicyclic) bond motifs is 2. The average Bonchev–Trinajstić information content (AvgIpc) is 2.79. The molecular weight excluding hydrogens is 424 g/mol. The highest BCUT2D eigenvalue weighted by Gasteiger charge is 2.29. The number of anilines is 1. The molecule has 0 unspecified atom stereocenters. The topological polar surface area (TPSA) is 56.7 Å². The van der Waals surface area contributed by atoms with Crippen LogP contribution in [0.2, 0.25) is 0 Å². The third-order valence-corrected chi connectivity index (χ3v) is 7.44. The van der Waals surface area contributed by atoms with Gasteiger partial charge in [-0.1, -0.05) is 32.0 Å². The van der Waals surface area contributed by atoms with Gasteiger partial charge in [0.15, 0.2) is 13.1 Å². The van der Waals surface area contributed by atoms with Gasteiger partial charge in [-0.3, -0.25) is 0 Å². The van der Waals surface area contributed by atoms with Gasteiger partial charge >= 0.3 is 5.97 Å². The standard InChI is InChI=1S/C29H28N2O3/c1-3-19-16-31(17-19)21-9-11-25-27(13-21)34-26-12-20(30-14-18(2)15-30)8-10-24(26)28(25)22-6-4-5-7-23(22)29(32)33/h4-13,18-19H,3,14-17H2,1-2H3/p+1. The van der Waals surface area contributed by atoms with Gasteiger partial charge in [0.25, 0.3) is 0 Å². The van der Waals surface area contributed by atoms with Gasteiger partial charge in [0.1, 0.15) is 11.3 Å². The molecule has 1 N–H and O–H groups in total. The number of nitrogens with zero attached hydrogens (tertiary/aromatic N) is 2. The molecule has 5 heteroatoms. The van der Waals surface area contributed by atoms with E-state index in [-0.39, 0.29) is 0 Å². The molecule has 3 aliphatic heterocycles. The largest absolute Gasteiger partial charge is 0.478 e. The van der Waals surface area contributed by atoms with Crippen molar-refractivity contribution in [2.45, 2.75) is 20.3 Å². The molecule has 2 fully saturated rings. The first-order chi connectivity index (χ1) is 16.5. The highest BCUT2D eigenvalue weighted by atomic mass is 16.4. The molecule has 2 aromatic rings. The summed E-state index contributed by atoms with van der Waals surface area (Å²) < 4.78 is 8.86. The summed E-state index contributed by atoms with van der Waals surface area (Å²) in [6.45, 7) is 8.74. The smallest absolute Gasteiger partial charge is 0.336 e. The van der Waals surface area contributed by atoms with Crippen molar-refractivity contribution in [3.63, 3.8) is 0 Å². The molecule has 0 amide bonds. The third kappa shape index (κ3) is 3.38. The van der Waals surface area contributed by atoms with Gasteiger partial charge in [-0.25, -0.2) is 9.37 Å². The highest BCUT2D eigenvalue weighted by Crippen LogP contribution is 2.42. The highest BCUT2D eigenvalue weighted by molar-refractivity contribution is 6.07. The number of rotatable bonds is 4. The van der Waals surface area contributed by atoms with Crippen LogP contribution in [-0.4, -0.2) is 37.3 Å². The molecule has 172 valence electrons. The molecule has 1 aliphatic carbocycles. The summed E-state index contributed by atoms with van der Waals surface area (Å²) in [7, 11) is 0. The zero-order valence-corrected chi connectivity index (χ0v) is 19.6. The molecule has 2 saturated heterocycles. The Morgan fingerprint density at radius 1 is 1.06 bits per heavy atom. The van der Waals surface area contributed by atoms with Crippen molar-refractivity contribution in [2.24, 2.45) is 11.8 Å². The Morgan fingerprint density at radius 2 is 1.85 bits per heavy atom. The van der Waals surface area contributed by atoms with E-state index in [1.807, 2.05) is 12.1 Å². The molecule has 5 nitrogen and oxygen atoms in total. The van der Waals surface area contributed by atoms with Crippen LogP contribution in [0.4, 0.5) is 5.69 Å². The summed E-state index contributed by atoms with van der Waals surface area (Å²) in [5.74, 6) is 1.32. The van der Waals surface area contributed by atoms with Crippen LogP contribution >= 0.6 is 0 Å². The lowest BCUT2D eigenvalue weighted by molar-refractivity contribution is 0.0697. The van der Waals surface area contributed by atoms with Crippen LogP contribution in [0.15, 0.2) is 65.1 Å². The van der Waals surface area contributed by atoms with Crippen LogP contribution in [0.5, 0.6) is 0 Å². The first-order valence-corrected chi connectivity index (χ1v) is 12.2. The molecule has 4 aliphatic rings. The number of benzene rings is 3. The lowest BCUT2D eigenvalue weighted by Gasteiger charge is -2.40. The molecule has 3 heterocycles. The number of carbonyl (C=O) groups is 1. The molecule has 34 heavy (non-hydrogen) atoms. The first kappa shape index (κ1) is 21.0. The lowest BCUT2D eigenvalue weighted by Crippen LogP contribution is -2.47. The first-order valence-electron chi connectivity index (χ1n) is 12.2. The molecule has 0 aromatic heterocycles. The van der Waals surface area contributed by atoms with Gasteiger partial charge in [0.05, 0.1) is 17.5 Å². The van der Waals surface area contributed by atoms with Crippen molar-refractivity contribution in [3.05, 3.63) is 71.6 Å². The van der Waals surface area contributed by atoms with Crippen LogP contribution in [0.1, 0.15) is 30.6 Å². The van der Waals surface area contributed by atoms with E-state index in [2.05, 4.69) is 59.7 Å². The van der Waals surface area contributed by atoms with E-state index in [1.165, 1.54) is 6.42 Å². The molecule has 2 aromatic carbocycles. The second-order valence-corrected chi connectivity index (χ2v) is 9.88. The summed E-state index contributed by atoms with van der Waals surface area (Å²) in [4.78, 5) is 14.5. The van der Waals surface area contributed by atoms with Gasteiger partial charge in [0.2, 0.25) is 5.36 Å². The Bertz CT molecular complexity index is 1450. The number of carboxylic acid groups (broad SMARTS) is 1. The molecule has 0 spiro atoms. The number of aromatic carboxylic acids is 1. The predicted molar refractivity (Wildman–Crippen MR) is 135 cm³/mol. The lowest BCUT2D eigenvalue weighted by atomic mass is 9.90. The molecule has 0 bridgehead atoms. The van der Waals surface area contributed by atoms with Crippen molar-refractivity contribution >= 4 is 22.6 Å². The predicted octanol–water partition coefficient (Wildman–Crippen LogP) is 5.17. The number of carboxylic acids is 1. The minimum atomic E-state index is -0.924. The summed E-state index contributed by atoms with van der Waals surface area (Å²) in [5, 5.41) is 12.0. The van der Waals surface area contributed by atoms with E-state index in [0.717, 1.165) is 71.0 Å². The van der Waals surface area contributed by atoms with Gasteiger partial charge < -0.3 is 14.4 Å². The van der Waals surface area contributed by atoms with Crippen LogP contribution in [0.3, 0.4) is 0 Å². The normalized spacial score (nSPS) is 18.2. The second-order valence-electron chi connectivity index (χ2n) is 9.88. The van der Waals surface area contributed by atoms with Crippen molar-refractivity contribution in [1.29, 1.82) is 0 Å². The SMILES string of the molecule is CCC1CN(c2ccc3c(-c4ccccc4C(=O)O)c4ccc(=[N+]5CC(C)C5)cc-4oc3c2)C1. The Kier molecular flexibility index (Phi) is 4.94. The fraction of sp³-hybridized carbons (Fsp3) is 0.310. The third-order valence-electron chi connectivity index (χ3n) is 7.44. The van der Waals surface area contributed by atoms with E-state index in [0.29, 0.717) is 17.0 Å². The van der Waals surface area contributed by atoms with Crippen molar-refractivity contribution in [1.82, 2.24) is 4.58 Å². The fourth-order valence-corrected chi connectivity index (χ4v) is 5.39. The van der Waals surface area contributed by atoms with E-state index in [9.17, 15) is 9.90 Å². The van der Waals surface area contributed by atoms with E-state index in [4.69, 9.17) is 4.42 Å². The molecule has 0 saturated carbocycles. The summed E-state index contributed by atoms with van der Waals surface area (Å²) in [5.41, 5.74) is 4.81. The fourth-order valence-electron chi connectivity index (χ4n) is 5.39. The van der Waals surface area contributed by atoms with E-state index < -0.39 is 5.97 Å². The zero-order valence-electron chi connectivity index (χ0n) is 19.6. The Labute approximate surface area is 198 Å². The van der Waals surface area contributed by atoms with E-state index >= 15 is 0 Å². The minimum Gasteiger partial charge on any atom is -0.478 e. The van der Waals surface area contributed by atoms with Crippen LogP contribution < -0.4 is 14.8 Å². The maximum Gasteiger partial charge on any atom is 0.336 e. The van der Waals surface area contributed by atoms with Gasteiger partial charge in [-0.15, -0.1) is 0 Å². The quantitative estimate of drug-likeness (QED) is 0.342. The molecule has 6 rings (SSSR count). The molecular formula is C29H29N2O3+. The zero-order chi connectivity index (χ0) is 23.4. The maximum absolute atomic E-state index is 12.1. The van der Waals surface area contributed by atoms with Crippen molar-refractivity contribution in [3.8, 4) is 22.5 Å². The summed E-state index contributed by atoms with van der Waals surface area (Å²) in [6, 6.07) is 19.9. The molecule has 0 radical (unpaired) electrons. The van der Waals surface area contributed by atoms with Gasteiger partial charge in [0, 0.05) is 47.4 Å². The van der Waals surface area contributed by atoms with Crippen LogP contribution in [-0.2, 0) is 0 Å². The minimum absolute atomic E-state index is 0.301. The maximum atomic E-state index is 12.1. The number of hydrogen-bond donors (Lipinski definition) is 1. The monoisotopic (exact) mass is 453 g/mol. The van der Waals surface area contributed by atoms with Crippen molar-refractivity contribution < 1.29 is 14.3 Å². The van der Waals surface area contributed by atoms with Crippen LogP contribution in [0, 0.1) is 11.8 Å². The number of hydrogen-bond acceptors (Lipinski definition) is 3. The van der Waals surface area contributed by atoms with Gasteiger partial charge in [-0.05, 0) is 42.2 Å². The Hall–Kier alpha value is -3.60. The summed E-state index contributed by atoms with van der Waals surface area (Å²) in [6.07, 6.45) is 1.20.